The number of nitrogen functional groups attached to an aromatic ring is 1. The van der Waals surface area contributed by atoms with Crippen LogP contribution in [-0.4, -0.2) is 13.7 Å². The van der Waals surface area contributed by atoms with E-state index < -0.39 is 0 Å². The zero-order chi connectivity index (χ0) is 13.8. The lowest BCUT2D eigenvalue weighted by Gasteiger charge is -2.25. The van der Waals surface area contributed by atoms with E-state index in [1.807, 2.05) is 18.2 Å². The van der Waals surface area contributed by atoms with Gasteiger partial charge in [-0.3, -0.25) is 0 Å². The second kappa shape index (κ2) is 5.65. The van der Waals surface area contributed by atoms with E-state index in [0.29, 0.717) is 0 Å². The maximum absolute atomic E-state index is 6.09. The van der Waals surface area contributed by atoms with Crippen LogP contribution in [0.4, 0.5) is 17.1 Å². The van der Waals surface area contributed by atoms with Crippen molar-refractivity contribution in [3.05, 3.63) is 48.0 Å². The molecule has 0 spiro atoms. The number of nitrogens with two attached hydrogens (primary N) is 1. The highest BCUT2D eigenvalue weighted by Crippen LogP contribution is 2.33. The highest BCUT2D eigenvalue weighted by atomic mass is 16.5. The lowest BCUT2D eigenvalue weighted by atomic mass is 10.1. The summed E-state index contributed by atoms with van der Waals surface area (Å²) < 4.78 is 5.28. The fourth-order valence-corrected chi connectivity index (χ4v) is 2.10. The third-order valence-electron chi connectivity index (χ3n) is 3.19. The van der Waals surface area contributed by atoms with Crippen LogP contribution in [0, 0.1) is 6.92 Å². The van der Waals surface area contributed by atoms with Gasteiger partial charge in [0.25, 0.3) is 0 Å². The van der Waals surface area contributed by atoms with E-state index >= 15 is 0 Å². The largest absolute Gasteiger partial charge is 0.497 e. The van der Waals surface area contributed by atoms with Crippen molar-refractivity contribution < 1.29 is 4.74 Å². The fraction of sp³-hybridized carbons (Fsp3) is 0.250. The van der Waals surface area contributed by atoms with E-state index in [1.165, 1.54) is 5.56 Å². The predicted molar refractivity (Wildman–Crippen MR) is 81.3 cm³/mol. The van der Waals surface area contributed by atoms with Gasteiger partial charge in [0.15, 0.2) is 0 Å². The molecular weight excluding hydrogens is 236 g/mol. The van der Waals surface area contributed by atoms with Crippen molar-refractivity contribution >= 4 is 17.1 Å². The summed E-state index contributed by atoms with van der Waals surface area (Å²) >= 11 is 0. The van der Waals surface area contributed by atoms with Gasteiger partial charge in [-0.1, -0.05) is 17.7 Å². The van der Waals surface area contributed by atoms with Crippen LogP contribution in [0.15, 0.2) is 42.5 Å². The van der Waals surface area contributed by atoms with E-state index in [2.05, 4.69) is 43.0 Å². The summed E-state index contributed by atoms with van der Waals surface area (Å²) in [7, 11) is 1.66. The monoisotopic (exact) mass is 256 g/mol. The number of hydrogen-bond acceptors (Lipinski definition) is 3. The first-order valence-electron chi connectivity index (χ1n) is 6.43. The van der Waals surface area contributed by atoms with Crippen LogP contribution in [0.3, 0.4) is 0 Å². The van der Waals surface area contributed by atoms with Crippen LogP contribution in [0.25, 0.3) is 0 Å². The number of ether oxygens (including phenoxy) is 1. The summed E-state index contributed by atoms with van der Waals surface area (Å²) in [4.78, 5) is 2.18. The lowest BCUT2D eigenvalue weighted by molar-refractivity contribution is 0.415. The summed E-state index contributed by atoms with van der Waals surface area (Å²) in [6.07, 6.45) is 0. The quantitative estimate of drug-likeness (QED) is 0.847. The van der Waals surface area contributed by atoms with Crippen molar-refractivity contribution in [1.82, 2.24) is 0 Å². The van der Waals surface area contributed by atoms with Gasteiger partial charge in [-0.05, 0) is 38.1 Å². The molecule has 0 aliphatic carbocycles. The second-order valence-corrected chi connectivity index (χ2v) is 4.50. The number of nitrogens with zero attached hydrogens (tertiary/aromatic N) is 1. The molecule has 0 saturated carbocycles. The Balaban J connectivity index is 2.44. The molecule has 19 heavy (non-hydrogen) atoms. The van der Waals surface area contributed by atoms with Crippen LogP contribution in [0.1, 0.15) is 12.5 Å². The van der Waals surface area contributed by atoms with Crippen LogP contribution in [-0.2, 0) is 0 Å². The van der Waals surface area contributed by atoms with Crippen molar-refractivity contribution in [3.63, 3.8) is 0 Å². The fourth-order valence-electron chi connectivity index (χ4n) is 2.10. The number of aryl methyl sites for hydroxylation is 1. The van der Waals surface area contributed by atoms with Gasteiger partial charge < -0.3 is 15.4 Å². The minimum Gasteiger partial charge on any atom is -0.497 e. The molecule has 100 valence electrons. The Kier molecular flexibility index (Phi) is 3.95. The molecule has 0 amide bonds. The molecule has 0 unspecified atom stereocenters. The van der Waals surface area contributed by atoms with Gasteiger partial charge in [0.2, 0.25) is 0 Å². The van der Waals surface area contributed by atoms with E-state index in [9.17, 15) is 0 Å². The smallest absolute Gasteiger partial charge is 0.121 e. The maximum Gasteiger partial charge on any atom is 0.121 e. The Labute approximate surface area is 114 Å². The summed E-state index contributed by atoms with van der Waals surface area (Å²) in [5, 5.41) is 0. The second-order valence-electron chi connectivity index (χ2n) is 4.50. The molecule has 2 aromatic carbocycles. The summed E-state index contributed by atoms with van der Waals surface area (Å²) in [5.41, 5.74) is 10.2. The zero-order valence-electron chi connectivity index (χ0n) is 11.7. The van der Waals surface area contributed by atoms with Crippen molar-refractivity contribution in [2.45, 2.75) is 13.8 Å². The molecule has 2 rings (SSSR count). The Morgan fingerprint density at radius 1 is 1.11 bits per heavy atom. The van der Waals surface area contributed by atoms with E-state index in [-0.39, 0.29) is 0 Å². The highest BCUT2D eigenvalue weighted by Gasteiger charge is 2.11. The van der Waals surface area contributed by atoms with Crippen LogP contribution in [0.5, 0.6) is 5.75 Å². The SMILES string of the molecule is CCN(c1ccc(C)cc1)c1cc(OC)ccc1N. The van der Waals surface area contributed by atoms with Gasteiger partial charge in [0.1, 0.15) is 5.75 Å². The number of rotatable bonds is 4. The Morgan fingerprint density at radius 2 is 1.79 bits per heavy atom. The first kappa shape index (κ1) is 13.3. The lowest BCUT2D eigenvalue weighted by Crippen LogP contribution is -2.17. The van der Waals surface area contributed by atoms with Gasteiger partial charge in [-0.2, -0.15) is 0 Å². The van der Waals surface area contributed by atoms with Gasteiger partial charge in [-0.15, -0.1) is 0 Å². The van der Waals surface area contributed by atoms with Crippen LogP contribution in [0.2, 0.25) is 0 Å². The molecule has 0 saturated heterocycles. The normalized spacial score (nSPS) is 10.3. The maximum atomic E-state index is 6.09. The number of hydrogen-bond donors (Lipinski definition) is 1. The molecule has 0 aromatic heterocycles. The van der Waals surface area contributed by atoms with Crippen LogP contribution < -0.4 is 15.4 Å². The first-order valence-corrected chi connectivity index (χ1v) is 6.43. The molecule has 0 atom stereocenters. The molecule has 3 nitrogen and oxygen atoms in total. The number of methoxy groups -OCH3 is 1. The molecule has 3 heteroatoms. The summed E-state index contributed by atoms with van der Waals surface area (Å²) in [6, 6.07) is 14.2. The average molecular weight is 256 g/mol. The third-order valence-corrected chi connectivity index (χ3v) is 3.19. The van der Waals surface area contributed by atoms with Gasteiger partial charge in [0, 0.05) is 18.3 Å². The first-order chi connectivity index (χ1) is 9.15. The highest BCUT2D eigenvalue weighted by molar-refractivity contribution is 5.76. The Bertz CT molecular complexity index is 549. The van der Waals surface area contributed by atoms with Crippen molar-refractivity contribution in [1.29, 1.82) is 0 Å². The topological polar surface area (TPSA) is 38.5 Å². The van der Waals surface area contributed by atoms with Crippen molar-refractivity contribution in [3.8, 4) is 5.75 Å². The molecule has 0 fully saturated rings. The van der Waals surface area contributed by atoms with Gasteiger partial charge in [-0.25, -0.2) is 0 Å². The van der Waals surface area contributed by atoms with E-state index in [1.54, 1.807) is 7.11 Å². The Hall–Kier alpha value is -2.16. The molecule has 0 aliphatic heterocycles. The number of anilines is 3. The number of benzene rings is 2. The molecule has 0 aliphatic rings. The van der Waals surface area contributed by atoms with Gasteiger partial charge in [0.05, 0.1) is 18.5 Å². The summed E-state index contributed by atoms with van der Waals surface area (Å²) in [6.45, 7) is 5.04. The molecular formula is C16H20N2O. The minimum absolute atomic E-state index is 0.753. The standard InChI is InChI=1S/C16H20N2O/c1-4-18(13-7-5-12(2)6-8-13)16-11-14(19-3)9-10-15(16)17/h5-11H,4,17H2,1-3H3. The van der Waals surface area contributed by atoms with Crippen molar-refractivity contribution in [2.75, 3.05) is 24.3 Å². The van der Waals surface area contributed by atoms with Crippen LogP contribution >= 0.6 is 0 Å². The molecule has 2 aromatic rings. The van der Waals surface area contributed by atoms with Gasteiger partial charge >= 0.3 is 0 Å². The molecule has 0 radical (unpaired) electrons. The third kappa shape index (κ3) is 2.81. The Morgan fingerprint density at radius 3 is 2.37 bits per heavy atom. The van der Waals surface area contributed by atoms with E-state index in [0.717, 1.165) is 29.4 Å². The van der Waals surface area contributed by atoms with Crippen molar-refractivity contribution in [2.24, 2.45) is 0 Å². The minimum atomic E-state index is 0.753. The predicted octanol–water partition coefficient (Wildman–Crippen LogP) is 3.74. The molecule has 2 N–H and O–H groups in total. The average Bonchev–Trinajstić information content (AvgIpc) is 2.43. The summed E-state index contributed by atoms with van der Waals surface area (Å²) in [5.74, 6) is 0.815. The molecule has 0 heterocycles. The van der Waals surface area contributed by atoms with E-state index in [4.69, 9.17) is 10.5 Å². The molecule has 0 bridgehead atoms. The zero-order valence-corrected chi connectivity index (χ0v) is 11.7.